The molecule has 68 valence electrons. The second-order valence-electron chi connectivity index (χ2n) is 2.98. The Balaban J connectivity index is 3.39. The Morgan fingerprint density at radius 1 is 1.33 bits per heavy atom. The van der Waals surface area contributed by atoms with Gasteiger partial charge >= 0.3 is 0 Å². The molecule has 0 bridgehead atoms. The van der Waals surface area contributed by atoms with Crippen molar-refractivity contribution < 1.29 is 4.79 Å². The van der Waals surface area contributed by atoms with Crippen molar-refractivity contribution in [2.24, 2.45) is 0 Å². The molecule has 0 aliphatic heterocycles. The van der Waals surface area contributed by atoms with E-state index in [0.717, 1.165) is 25.5 Å². The third-order valence-corrected chi connectivity index (χ3v) is 1.76. The van der Waals surface area contributed by atoms with Crippen LogP contribution in [0.15, 0.2) is 24.3 Å². The SMILES string of the molecule is C=CCCCC=C(C)CCC=O. The van der Waals surface area contributed by atoms with Gasteiger partial charge in [0.15, 0.2) is 0 Å². The summed E-state index contributed by atoms with van der Waals surface area (Å²) >= 11 is 0. The molecule has 0 aromatic rings. The highest BCUT2D eigenvalue weighted by Crippen LogP contribution is 2.06. The van der Waals surface area contributed by atoms with Gasteiger partial charge in [0.25, 0.3) is 0 Å². The second-order valence-corrected chi connectivity index (χ2v) is 2.98. The van der Waals surface area contributed by atoms with E-state index in [9.17, 15) is 4.79 Å². The first-order valence-electron chi connectivity index (χ1n) is 4.51. The van der Waals surface area contributed by atoms with Crippen molar-refractivity contribution in [1.29, 1.82) is 0 Å². The summed E-state index contributed by atoms with van der Waals surface area (Å²) < 4.78 is 0. The Morgan fingerprint density at radius 2 is 2.08 bits per heavy atom. The molecule has 0 N–H and O–H groups in total. The van der Waals surface area contributed by atoms with Crippen LogP contribution in [0.3, 0.4) is 0 Å². The average Bonchev–Trinajstić information content (AvgIpc) is 2.09. The quantitative estimate of drug-likeness (QED) is 0.322. The molecule has 0 atom stereocenters. The van der Waals surface area contributed by atoms with Crippen molar-refractivity contribution in [2.75, 3.05) is 0 Å². The van der Waals surface area contributed by atoms with E-state index in [4.69, 9.17) is 0 Å². The first-order valence-corrected chi connectivity index (χ1v) is 4.51. The van der Waals surface area contributed by atoms with Gasteiger partial charge in [-0.05, 0) is 32.6 Å². The Kier molecular flexibility index (Phi) is 7.66. The van der Waals surface area contributed by atoms with Crippen molar-refractivity contribution in [1.82, 2.24) is 0 Å². The monoisotopic (exact) mass is 166 g/mol. The van der Waals surface area contributed by atoms with E-state index in [1.807, 2.05) is 6.08 Å². The van der Waals surface area contributed by atoms with E-state index in [1.165, 1.54) is 12.0 Å². The fourth-order valence-electron chi connectivity index (χ4n) is 0.999. The lowest BCUT2D eigenvalue weighted by atomic mass is 10.1. The predicted octanol–water partition coefficient (Wildman–Crippen LogP) is 3.27. The van der Waals surface area contributed by atoms with Crippen LogP contribution in [-0.4, -0.2) is 6.29 Å². The summed E-state index contributed by atoms with van der Waals surface area (Å²) in [6.07, 6.45) is 10.1. The van der Waals surface area contributed by atoms with E-state index in [-0.39, 0.29) is 0 Å². The molecule has 0 aromatic carbocycles. The summed E-state index contributed by atoms with van der Waals surface area (Å²) in [5.74, 6) is 0. The van der Waals surface area contributed by atoms with Crippen LogP contribution in [0.5, 0.6) is 0 Å². The van der Waals surface area contributed by atoms with Crippen LogP contribution in [0.1, 0.15) is 39.0 Å². The summed E-state index contributed by atoms with van der Waals surface area (Å²) in [6.45, 7) is 5.74. The van der Waals surface area contributed by atoms with Gasteiger partial charge < -0.3 is 4.79 Å². The number of carbonyl (C=O) groups excluding carboxylic acids is 1. The maximum atomic E-state index is 10.0. The van der Waals surface area contributed by atoms with Crippen LogP contribution in [0, 0.1) is 0 Å². The average molecular weight is 166 g/mol. The topological polar surface area (TPSA) is 17.1 Å². The molecule has 0 spiro atoms. The van der Waals surface area contributed by atoms with Gasteiger partial charge in [-0.3, -0.25) is 0 Å². The molecule has 1 nitrogen and oxygen atoms in total. The summed E-state index contributed by atoms with van der Waals surface area (Å²) in [6, 6.07) is 0. The fraction of sp³-hybridized carbons (Fsp3) is 0.545. The lowest BCUT2D eigenvalue weighted by Gasteiger charge is -1.96. The van der Waals surface area contributed by atoms with Gasteiger partial charge in [0, 0.05) is 6.42 Å². The molecular formula is C11H18O. The highest BCUT2D eigenvalue weighted by Gasteiger charge is 1.88. The van der Waals surface area contributed by atoms with Gasteiger partial charge in [-0.1, -0.05) is 17.7 Å². The highest BCUT2D eigenvalue weighted by molar-refractivity contribution is 5.49. The van der Waals surface area contributed by atoms with Gasteiger partial charge in [0.2, 0.25) is 0 Å². The molecule has 0 aliphatic carbocycles. The number of unbranched alkanes of at least 4 members (excludes halogenated alkanes) is 2. The molecule has 0 heterocycles. The molecule has 0 rings (SSSR count). The molecule has 12 heavy (non-hydrogen) atoms. The van der Waals surface area contributed by atoms with Crippen molar-refractivity contribution in [3.8, 4) is 0 Å². The fourth-order valence-corrected chi connectivity index (χ4v) is 0.999. The second kappa shape index (κ2) is 8.25. The van der Waals surface area contributed by atoms with E-state index in [1.54, 1.807) is 0 Å². The first-order chi connectivity index (χ1) is 5.81. The molecule has 0 saturated heterocycles. The molecule has 0 aliphatic rings. The van der Waals surface area contributed by atoms with E-state index >= 15 is 0 Å². The van der Waals surface area contributed by atoms with Gasteiger partial charge in [-0.15, -0.1) is 6.58 Å². The van der Waals surface area contributed by atoms with Crippen molar-refractivity contribution in [3.05, 3.63) is 24.3 Å². The zero-order chi connectivity index (χ0) is 9.23. The number of allylic oxidation sites excluding steroid dienone is 3. The Bertz CT molecular complexity index is 156. The lowest BCUT2D eigenvalue weighted by Crippen LogP contribution is -1.79. The highest BCUT2D eigenvalue weighted by atomic mass is 16.1. The van der Waals surface area contributed by atoms with E-state index < -0.39 is 0 Å². The minimum atomic E-state index is 0.657. The van der Waals surface area contributed by atoms with Crippen LogP contribution in [0.25, 0.3) is 0 Å². The van der Waals surface area contributed by atoms with E-state index in [0.29, 0.717) is 6.42 Å². The number of carbonyl (C=O) groups is 1. The minimum absolute atomic E-state index is 0.657. The Labute approximate surface area is 75.2 Å². The minimum Gasteiger partial charge on any atom is -0.303 e. The standard InChI is InChI=1S/C11H18O/c1-3-4-5-6-8-11(2)9-7-10-12/h3,8,10H,1,4-7,9H2,2H3. The molecule has 0 amide bonds. The third kappa shape index (κ3) is 7.26. The molecule has 0 aromatic heterocycles. The van der Waals surface area contributed by atoms with Gasteiger partial charge in [0.1, 0.15) is 6.29 Å². The summed E-state index contributed by atoms with van der Waals surface area (Å²) in [4.78, 5) is 10.0. The van der Waals surface area contributed by atoms with Gasteiger partial charge in [0.05, 0.1) is 0 Å². The van der Waals surface area contributed by atoms with Crippen LogP contribution >= 0.6 is 0 Å². The molecule has 0 saturated carbocycles. The van der Waals surface area contributed by atoms with Gasteiger partial charge in [-0.25, -0.2) is 0 Å². The van der Waals surface area contributed by atoms with Crippen molar-refractivity contribution >= 4 is 6.29 Å². The molecule has 0 radical (unpaired) electrons. The zero-order valence-electron chi connectivity index (χ0n) is 7.88. The normalized spacial score (nSPS) is 11.2. The number of aldehydes is 1. The number of rotatable bonds is 7. The van der Waals surface area contributed by atoms with Crippen molar-refractivity contribution in [3.63, 3.8) is 0 Å². The van der Waals surface area contributed by atoms with Crippen molar-refractivity contribution in [2.45, 2.75) is 39.0 Å². The van der Waals surface area contributed by atoms with Gasteiger partial charge in [-0.2, -0.15) is 0 Å². The number of hydrogen-bond acceptors (Lipinski definition) is 1. The summed E-state index contributed by atoms with van der Waals surface area (Å²) in [5.41, 5.74) is 1.33. The maximum Gasteiger partial charge on any atom is 0.120 e. The van der Waals surface area contributed by atoms with Crippen LogP contribution in [-0.2, 0) is 4.79 Å². The molecular weight excluding hydrogens is 148 g/mol. The predicted molar refractivity (Wildman–Crippen MR) is 53.1 cm³/mol. The maximum absolute atomic E-state index is 10.0. The molecule has 0 fully saturated rings. The zero-order valence-corrected chi connectivity index (χ0v) is 7.88. The number of hydrogen-bond donors (Lipinski definition) is 0. The Hall–Kier alpha value is -0.850. The molecule has 0 unspecified atom stereocenters. The lowest BCUT2D eigenvalue weighted by molar-refractivity contribution is -0.107. The molecule has 1 heteroatoms. The van der Waals surface area contributed by atoms with Crippen LogP contribution in [0.4, 0.5) is 0 Å². The third-order valence-electron chi connectivity index (χ3n) is 1.76. The Morgan fingerprint density at radius 3 is 2.67 bits per heavy atom. The summed E-state index contributed by atoms with van der Waals surface area (Å²) in [7, 11) is 0. The summed E-state index contributed by atoms with van der Waals surface area (Å²) in [5, 5.41) is 0. The van der Waals surface area contributed by atoms with Crippen LogP contribution < -0.4 is 0 Å². The smallest absolute Gasteiger partial charge is 0.120 e. The van der Waals surface area contributed by atoms with Crippen LogP contribution in [0.2, 0.25) is 0 Å². The van der Waals surface area contributed by atoms with E-state index in [2.05, 4.69) is 19.6 Å². The first kappa shape index (κ1) is 11.2. The largest absolute Gasteiger partial charge is 0.303 e.